The van der Waals surface area contributed by atoms with E-state index in [2.05, 4.69) is 41.3 Å². The first-order valence-corrected chi connectivity index (χ1v) is 9.85. The molecule has 2 aromatic heterocycles. The van der Waals surface area contributed by atoms with Crippen LogP contribution >= 0.6 is 0 Å². The Morgan fingerprint density at radius 2 is 1.79 bits per heavy atom. The highest BCUT2D eigenvalue weighted by molar-refractivity contribution is 5.96. The number of aromatic amines is 1. The number of pyridine rings is 1. The molecule has 0 radical (unpaired) electrons. The number of aryl methyl sites for hydroxylation is 1. The molecule has 0 aliphatic carbocycles. The van der Waals surface area contributed by atoms with E-state index in [4.69, 9.17) is 0 Å². The summed E-state index contributed by atoms with van der Waals surface area (Å²) >= 11 is 0. The van der Waals surface area contributed by atoms with E-state index in [0.29, 0.717) is 12.5 Å². The Morgan fingerprint density at radius 1 is 1.14 bits per heavy atom. The lowest BCUT2D eigenvalue weighted by atomic mass is 9.99. The molecule has 7 nitrogen and oxygen atoms in total. The molecule has 0 saturated carbocycles. The van der Waals surface area contributed by atoms with Gasteiger partial charge in [-0.2, -0.15) is 0 Å². The highest BCUT2D eigenvalue weighted by Gasteiger charge is 2.15. The quantitative estimate of drug-likeness (QED) is 0.671. The predicted octanol–water partition coefficient (Wildman–Crippen LogP) is 3.11. The van der Waals surface area contributed by atoms with Crippen molar-refractivity contribution in [2.24, 2.45) is 0 Å². The molecule has 2 N–H and O–H groups in total. The van der Waals surface area contributed by atoms with Crippen LogP contribution < -0.4 is 16.6 Å². The Bertz CT molecular complexity index is 1140. The van der Waals surface area contributed by atoms with Gasteiger partial charge in [0.25, 0.3) is 11.5 Å². The van der Waals surface area contributed by atoms with E-state index < -0.39 is 11.2 Å². The molecular weight excluding hydrogens is 368 g/mol. The zero-order valence-corrected chi connectivity index (χ0v) is 17.2. The van der Waals surface area contributed by atoms with Gasteiger partial charge in [0.05, 0.1) is 17.0 Å². The number of hydrogen-bond acceptors (Lipinski definition) is 4. The number of H-pyrrole nitrogens is 1. The minimum atomic E-state index is -0.545. The van der Waals surface area contributed by atoms with Crippen LogP contribution in [-0.2, 0) is 6.54 Å². The highest BCUT2D eigenvalue weighted by atomic mass is 16.2. The van der Waals surface area contributed by atoms with E-state index in [-0.39, 0.29) is 28.5 Å². The predicted molar refractivity (Wildman–Crippen MR) is 113 cm³/mol. The summed E-state index contributed by atoms with van der Waals surface area (Å²) in [7, 11) is 0. The van der Waals surface area contributed by atoms with Crippen molar-refractivity contribution in [3.8, 4) is 0 Å². The number of hydrogen-bond donors (Lipinski definition) is 2. The molecule has 1 unspecified atom stereocenters. The molecule has 2 heterocycles. The van der Waals surface area contributed by atoms with Gasteiger partial charge in [0.2, 0.25) is 0 Å². The summed E-state index contributed by atoms with van der Waals surface area (Å²) in [6.07, 6.45) is 2.12. The van der Waals surface area contributed by atoms with Gasteiger partial charge >= 0.3 is 5.69 Å². The third kappa shape index (κ3) is 4.29. The SMILES string of the molecule is CCCn1c(=O)[nH]c(=O)c2cc(C(=O)NC(C)c3ccc(C(C)C)cc3)cnc21. The standard InChI is InChI=1S/C22H26N4O3/c1-5-10-26-19-18(21(28)25-22(26)29)11-17(12-23-19)20(27)24-14(4)16-8-6-15(7-9-16)13(2)3/h6-9,11-14H,5,10H2,1-4H3,(H,24,27)(H,25,28,29). The molecule has 1 atom stereocenters. The second-order valence-electron chi connectivity index (χ2n) is 7.52. The summed E-state index contributed by atoms with van der Waals surface area (Å²) in [6, 6.07) is 9.42. The number of aromatic nitrogens is 3. The molecule has 0 aliphatic heterocycles. The highest BCUT2D eigenvalue weighted by Crippen LogP contribution is 2.19. The van der Waals surface area contributed by atoms with Crippen molar-refractivity contribution in [3.05, 3.63) is 74.1 Å². The van der Waals surface area contributed by atoms with Crippen LogP contribution in [0, 0.1) is 0 Å². The van der Waals surface area contributed by atoms with Gasteiger partial charge < -0.3 is 5.32 Å². The van der Waals surface area contributed by atoms with Crippen LogP contribution in [0.15, 0.2) is 46.1 Å². The lowest BCUT2D eigenvalue weighted by Gasteiger charge is -2.16. The molecule has 3 aromatic rings. The number of amides is 1. The van der Waals surface area contributed by atoms with Gasteiger partial charge in [-0.25, -0.2) is 9.78 Å². The van der Waals surface area contributed by atoms with Crippen molar-refractivity contribution in [2.45, 2.75) is 52.6 Å². The molecule has 29 heavy (non-hydrogen) atoms. The maximum Gasteiger partial charge on any atom is 0.329 e. The largest absolute Gasteiger partial charge is 0.345 e. The summed E-state index contributed by atoms with van der Waals surface area (Å²) in [6.45, 7) is 8.54. The summed E-state index contributed by atoms with van der Waals surface area (Å²) in [4.78, 5) is 43.5. The first kappa shape index (κ1) is 20.5. The maximum atomic E-state index is 12.7. The lowest BCUT2D eigenvalue weighted by Crippen LogP contribution is -2.31. The van der Waals surface area contributed by atoms with Crippen molar-refractivity contribution in [2.75, 3.05) is 0 Å². The minimum absolute atomic E-state index is 0.202. The topological polar surface area (TPSA) is 96.9 Å². The van der Waals surface area contributed by atoms with E-state index in [1.54, 1.807) is 0 Å². The molecule has 1 aromatic carbocycles. The van der Waals surface area contributed by atoms with Crippen molar-refractivity contribution < 1.29 is 4.79 Å². The van der Waals surface area contributed by atoms with Crippen LogP contribution in [0.25, 0.3) is 11.0 Å². The molecule has 1 amide bonds. The summed E-state index contributed by atoms with van der Waals surface area (Å²) in [5, 5.41) is 3.16. The number of rotatable bonds is 6. The average molecular weight is 394 g/mol. The van der Waals surface area contributed by atoms with E-state index in [1.165, 1.54) is 22.4 Å². The van der Waals surface area contributed by atoms with Crippen molar-refractivity contribution in [1.29, 1.82) is 0 Å². The molecular formula is C22H26N4O3. The summed E-state index contributed by atoms with van der Waals surface area (Å²) in [5.41, 5.74) is 1.75. The van der Waals surface area contributed by atoms with Crippen LogP contribution in [0.5, 0.6) is 0 Å². The molecule has 0 spiro atoms. The third-order valence-electron chi connectivity index (χ3n) is 4.99. The fourth-order valence-electron chi connectivity index (χ4n) is 3.26. The van der Waals surface area contributed by atoms with E-state index in [0.717, 1.165) is 12.0 Å². The van der Waals surface area contributed by atoms with Gasteiger partial charge in [-0.1, -0.05) is 45.0 Å². The van der Waals surface area contributed by atoms with Gasteiger partial charge in [0, 0.05) is 12.7 Å². The van der Waals surface area contributed by atoms with Crippen molar-refractivity contribution in [3.63, 3.8) is 0 Å². The zero-order valence-electron chi connectivity index (χ0n) is 17.2. The monoisotopic (exact) mass is 394 g/mol. The van der Waals surface area contributed by atoms with Crippen LogP contribution in [0.4, 0.5) is 0 Å². The Hall–Kier alpha value is -3.22. The van der Waals surface area contributed by atoms with Crippen molar-refractivity contribution >= 4 is 16.9 Å². The van der Waals surface area contributed by atoms with Crippen LogP contribution in [0.1, 0.15) is 67.6 Å². The smallest absolute Gasteiger partial charge is 0.329 e. The average Bonchev–Trinajstić information content (AvgIpc) is 2.70. The van der Waals surface area contributed by atoms with Gasteiger partial charge in [-0.15, -0.1) is 0 Å². The maximum absolute atomic E-state index is 12.7. The van der Waals surface area contributed by atoms with Gasteiger partial charge in [-0.05, 0) is 36.5 Å². The van der Waals surface area contributed by atoms with E-state index in [1.807, 2.05) is 26.0 Å². The number of carbonyl (C=O) groups is 1. The minimum Gasteiger partial charge on any atom is -0.345 e. The second kappa shape index (κ2) is 8.43. The number of fused-ring (bicyclic) bond motifs is 1. The Labute approximate surface area is 168 Å². The normalized spacial score (nSPS) is 12.3. The van der Waals surface area contributed by atoms with Crippen LogP contribution in [0.3, 0.4) is 0 Å². The number of nitrogens with one attached hydrogen (secondary N) is 2. The van der Waals surface area contributed by atoms with Gasteiger partial charge in [0.15, 0.2) is 0 Å². The molecule has 0 saturated heterocycles. The number of benzene rings is 1. The van der Waals surface area contributed by atoms with Crippen molar-refractivity contribution in [1.82, 2.24) is 19.9 Å². The Morgan fingerprint density at radius 3 is 2.41 bits per heavy atom. The number of nitrogens with zero attached hydrogens (tertiary/aromatic N) is 2. The summed E-state index contributed by atoms with van der Waals surface area (Å²) < 4.78 is 1.41. The lowest BCUT2D eigenvalue weighted by molar-refractivity contribution is 0.0939. The third-order valence-corrected chi connectivity index (χ3v) is 4.99. The molecule has 0 aliphatic rings. The van der Waals surface area contributed by atoms with Gasteiger partial charge in [0.1, 0.15) is 5.65 Å². The molecule has 0 fully saturated rings. The Balaban J connectivity index is 1.87. The first-order chi connectivity index (χ1) is 13.8. The molecule has 3 rings (SSSR count). The second-order valence-corrected chi connectivity index (χ2v) is 7.52. The van der Waals surface area contributed by atoms with E-state index >= 15 is 0 Å². The zero-order chi connectivity index (χ0) is 21.1. The molecule has 152 valence electrons. The molecule has 7 heteroatoms. The fraction of sp³-hybridized carbons (Fsp3) is 0.364. The van der Waals surface area contributed by atoms with Crippen LogP contribution in [0.2, 0.25) is 0 Å². The molecule has 0 bridgehead atoms. The van der Waals surface area contributed by atoms with Gasteiger partial charge in [-0.3, -0.25) is 19.1 Å². The fourth-order valence-corrected chi connectivity index (χ4v) is 3.26. The summed E-state index contributed by atoms with van der Waals surface area (Å²) in [5.74, 6) is 0.119. The van der Waals surface area contributed by atoms with Crippen LogP contribution in [-0.4, -0.2) is 20.4 Å². The Kier molecular flexibility index (Phi) is 5.96. The number of carbonyl (C=O) groups excluding carboxylic acids is 1. The van der Waals surface area contributed by atoms with E-state index in [9.17, 15) is 14.4 Å². The first-order valence-electron chi connectivity index (χ1n) is 9.85.